The zero-order valence-corrected chi connectivity index (χ0v) is 9.75. The molecule has 0 fully saturated rings. The molecule has 1 atom stereocenters. The predicted octanol–water partition coefficient (Wildman–Crippen LogP) is 1.59. The highest BCUT2D eigenvalue weighted by molar-refractivity contribution is 5.81. The van der Waals surface area contributed by atoms with Crippen LogP contribution in [0.15, 0.2) is 12.7 Å². The fourth-order valence-corrected chi connectivity index (χ4v) is 1.39. The summed E-state index contributed by atoms with van der Waals surface area (Å²) in [6, 6.07) is 0. The number of carbonyl (C=O) groups is 1. The molecule has 0 aliphatic heterocycles. The van der Waals surface area contributed by atoms with Crippen LogP contribution in [0, 0.1) is 0 Å². The van der Waals surface area contributed by atoms with E-state index in [0.29, 0.717) is 0 Å². The van der Waals surface area contributed by atoms with Gasteiger partial charge >= 0.3 is 5.97 Å². The van der Waals surface area contributed by atoms with Crippen LogP contribution in [0.3, 0.4) is 0 Å². The Bertz CT molecular complexity index is 197. The molecule has 0 aliphatic carbocycles. The van der Waals surface area contributed by atoms with Crippen molar-refractivity contribution in [2.75, 3.05) is 26.7 Å². The molecule has 0 aromatic carbocycles. The number of nitrogens with zero attached hydrogens (tertiary/aromatic N) is 1. The lowest BCUT2D eigenvalue weighted by Gasteiger charge is -2.34. The smallest absolute Gasteiger partial charge is 0.330 e. The first-order valence-corrected chi connectivity index (χ1v) is 5.14. The molecule has 0 radical (unpaired) electrons. The van der Waals surface area contributed by atoms with Crippen LogP contribution in [0.4, 0.5) is 0 Å². The number of hydrogen-bond acceptors (Lipinski definition) is 2. The fraction of sp³-hybridized carbons (Fsp3) is 0.727. The van der Waals surface area contributed by atoms with Gasteiger partial charge in [-0.15, -0.1) is 0 Å². The van der Waals surface area contributed by atoms with Crippen LogP contribution in [0.25, 0.3) is 0 Å². The molecule has 0 amide bonds. The van der Waals surface area contributed by atoms with Gasteiger partial charge in [0.1, 0.15) is 12.6 Å². The van der Waals surface area contributed by atoms with Crippen LogP contribution in [0.1, 0.15) is 20.8 Å². The molecule has 82 valence electrons. The molecular weight excluding hydrogens is 178 g/mol. The van der Waals surface area contributed by atoms with Crippen molar-refractivity contribution in [3.63, 3.8) is 0 Å². The van der Waals surface area contributed by atoms with Gasteiger partial charge in [0.25, 0.3) is 0 Å². The lowest BCUT2D eigenvalue weighted by molar-refractivity contribution is -0.908. The summed E-state index contributed by atoms with van der Waals surface area (Å²) < 4.78 is 6.05. The first kappa shape index (κ1) is 13.2. The normalized spacial score (nSPS) is 13.4. The van der Waals surface area contributed by atoms with E-state index in [1.807, 2.05) is 6.92 Å². The highest BCUT2D eigenvalue weighted by Crippen LogP contribution is 2.05. The minimum atomic E-state index is -0.337. The molecule has 3 nitrogen and oxygen atoms in total. The quantitative estimate of drug-likeness (QED) is 0.370. The SMILES string of the molecule is C=CC(=O)OC(C)C[N+](C)(CC)CC. The Morgan fingerprint density at radius 3 is 2.36 bits per heavy atom. The molecule has 1 unspecified atom stereocenters. The third-order valence-corrected chi connectivity index (χ3v) is 2.71. The van der Waals surface area contributed by atoms with Crippen molar-refractivity contribution in [1.82, 2.24) is 0 Å². The summed E-state index contributed by atoms with van der Waals surface area (Å²) in [5, 5.41) is 0. The molecule has 3 heteroatoms. The van der Waals surface area contributed by atoms with Gasteiger partial charge in [0.2, 0.25) is 0 Å². The van der Waals surface area contributed by atoms with Gasteiger partial charge in [-0.05, 0) is 20.8 Å². The molecule has 0 N–H and O–H groups in total. The lowest BCUT2D eigenvalue weighted by atomic mass is 10.3. The molecule has 0 bridgehead atoms. The average molecular weight is 200 g/mol. The van der Waals surface area contributed by atoms with Crippen molar-refractivity contribution >= 4 is 5.97 Å². The molecule has 0 rings (SSSR count). The summed E-state index contributed by atoms with van der Waals surface area (Å²) in [7, 11) is 2.16. The first-order valence-electron chi connectivity index (χ1n) is 5.14. The maximum atomic E-state index is 10.9. The Kier molecular flexibility index (Phi) is 5.46. The van der Waals surface area contributed by atoms with Crippen LogP contribution in [-0.2, 0) is 9.53 Å². The first-order chi connectivity index (χ1) is 6.47. The molecule has 0 saturated carbocycles. The minimum Gasteiger partial charge on any atom is -0.454 e. The van der Waals surface area contributed by atoms with Crippen molar-refractivity contribution in [3.05, 3.63) is 12.7 Å². The van der Waals surface area contributed by atoms with E-state index in [-0.39, 0.29) is 12.1 Å². The summed E-state index contributed by atoms with van der Waals surface area (Å²) >= 11 is 0. The Labute approximate surface area is 86.9 Å². The van der Waals surface area contributed by atoms with Gasteiger partial charge in [-0.1, -0.05) is 6.58 Å². The van der Waals surface area contributed by atoms with Gasteiger partial charge in [0.05, 0.1) is 20.1 Å². The van der Waals surface area contributed by atoms with E-state index in [0.717, 1.165) is 24.1 Å². The topological polar surface area (TPSA) is 26.3 Å². The van der Waals surface area contributed by atoms with E-state index in [4.69, 9.17) is 4.74 Å². The van der Waals surface area contributed by atoms with Crippen LogP contribution in [-0.4, -0.2) is 43.2 Å². The lowest BCUT2D eigenvalue weighted by Crippen LogP contribution is -2.48. The second-order valence-electron chi connectivity index (χ2n) is 3.89. The van der Waals surface area contributed by atoms with E-state index < -0.39 is 0 Å². The Balaban J connectivity index is 4.09. The molecule has 0 aromatic rings. The van der Waals surface area contributed by atoms with E-state index in [1.54, 1.807) is 0 Å². The van der Waals surface area contributed by atoms with E-state index in [2.05, 4.69) is 27.5 Å². The van der Waals surface area contributed by atoms with Gasteiger partial charge < -0.3 is 9.22 Å². The van der Waals surface area contributed by atoms with Crippen molar-refractivity contribution in [1.29, 1.82) is 0 Å². The summed E-state index contributed by atoms with van der Waals surface area (Å²) in [4.78, 5) is 10.9. The van der Waals surface area contributed by atoms with E-state index in [1.165, 1.54) is 6.08 Å². The Morgan fingerprint density at radius 2 is 2.00 bits per heavy atom. The fourth-order valence-electron chi connectivity index (χ4n) is 1.39. The summed E-state index contributed by atoms with van der Waals surface area (Å²) in [6.07, 6.45) is 1.16. The summed E-state index contributed by atoms with van der Waals surface area (Å²) in [6.45, 7) is 12.5. The second kappa shape index (κ2) is 5.81. The molecular formula is C11H22NO2+. The van der Waals surface area contributed by atoms with Crippen molar-refractivity contribution in [2.24, 2.45) is 0 Å². The maximum absolute atomic E-state index is 10.9. The molecule has 0 spiro atoms. The van der Waals surface area contributed by atoms with Gasteiger partial charge in [0.15, 0.2) is 0 Å². The summed E-state index contributed by atoms with van der Waals surface area (Å²) in [5.41, 5.74) is 0. The highest BCUT2D eigenvalue weighted by Gasteiger charge is 2.21. The monoisotopic (exact) mass is 200 g/mol. The number of ether oxygens (including phenoxy) is 1. The Morgan fingerprint density at radius 1 is 1.50 bits per heavy atom. The van der Waals surface area contributed by atoms with Crippen molar-refractivity contribution in [3.8, 4) is 0 Å². The van der Waals surface area contributed by atoms with Gasteiger partial charge in [-0.3, -0.25) is 0 Å². The number of hydrogen-bond donors (Lipinski definition) is 0. The van der Waals surface area contributed by atoms with Crippen molar-refractivity contribution < 1.29 is 14.0 Å². The number of esters is 1. The summed E-state index contributed by atoms with van der Waals surface area (Å²) in [5.74, 6) is -0.337. The van der Waals surface area contributed by atoms with Crippen LogP contribution in [0.2, 0.25) is 0 Å². The Hall–Kier alpha value is -0.830. The van der Waals surface area contributed by atoms with Crippen LogP contribution in [0.5, 0.6) is 0 Å². The zero-order valence-electron chi connectivity index (χ0n) is 9.75. The molecule has 0 heterocycles. The van der Waals surface area contributed by atoms with Gasteiger partial charge in [0, 0.05) is 6.08 Å². The third kappa shape index (κ3) is 4.42. The predicted molar refractivity (Wildman–Crippen MR) is 57.9 cm³/mol. The van der Waals surface area contributed by atoms with E-state index >= 15 is 0 Å². The molecule has 0 aliphatic rings. The number of likely N-dealkylation sites (N-methyl/N-ethyl adjacent to an activating group) is 1. The average Bonchev–Trinajstić information content (AvgIpc) is 2.17. The van der Waals surface area contributed by atoms with Gasteiger partial charge in [-0.25, -0.2) is 4.79 Å². The zero-order chi connectivity index (χ0) is 11.2. The maximum Gasteiger partial charge on any atom is 0.330 e. The highest BCUT2D eigenvalue weighted by atomic mass is 16.5. The number of carbonyl (C=O) groups excluding carboxylic acids is 1. The standard InChI is InChI=1S/C11H22NO2/c1-6-11(13)14-10(4)9-12(5,7-2)8-3/h6,10H,1,7-9H2,2-5H3/q+1. The minimum absolute atomic E-state index is 0.0506. The molecule has 0 saturated heterocycles. The number of quaternary nitrogens is 1. The van der Waals surface area contributed by atoms with E-state index in [9.17, 15) is 4.79 Å². The third-order valence-electron chi connectivity index (χ3n) is 2.71. The molecule has 14 heavy (non-hydrogen) atoms. The second-order valence-corrected chi connectivity index (χ2v) is 3.89. The van der Waals surface area contributed by atoms with Gasteiger partial charge in [-0.2, -0.15) is 0 Å². The van der Waals surface area contributed by atoms with Crippen molar-refractivity contribution in [2.45, 2.75) is 26.9 Å². The van der Waals surface area contributed by atoms with Crippen LogP contribution >= 0.6 is 0 Å². The molecule has 0 aromatic heterocycles. The largest absolute Gasteiger partial charge is 0.454 e. The van der Waals surface area contributed by atoms with Crippen LogP contribution < -0.4 is 0 Å². The number of rotatable bonds is 6.